The fourth-order valence-electron chi connectivity index (χ4n) is 4.50. The van der Waals surface area contributed by atoms with Gasteiger partial charge in [0.25, 0.3) is 5.56 Å². The number of ether oxygens (including phenoxy) is 2. The number of H-pyrrole nitrogens is 1. The molecule has 3 aromatic rings. The van der Waals surface area contributed by atoms with E-state index in [1.807, 2.05) is 49.9 Å². The van der Waals surface area contributed by atoms with Crippen LogP contribution in [0.5, 0.6) is 11.5 Å². The molecule has 2 heterocycles. The molecular formula is C25H28N2O4. The molecule has 162 valence electrons. The summed E-state index contributed by atoms with van der Waals surface area (Å²) in [6.07, 6.45) is 1.07. The van der Waals surface area contributed by atoms with Gasteiger partial charge >= 0.3 is 0 Å². The highest BCUT2D eigenvalue weighted by Crippen LogP contribution is 2.41. The topological polar surface area (TPSA) is 71.6 Å². The molecule has 0 fully saturated rings. The molecular weight excluding hydrogens is 392 g/mol. The Labute approximate surface area is 181 Å². The maximum absolute atomic E-state index is 13.3. The third-order valence-electron chi connectivity index (χ3n) is 6.37. The molecule has 0 saturated carbocycles. The van der Waals surface area contributed by atoms with Crippen molar-refractivity contribution in [1.29, 1.82) is 0 Å². The minimum atomic E-state index is -0.481. The summed E-state index contributed by atoms with van der Waals surface area (Å²) in [5, 5.41) is 0.953. The van der Waals surface area contributed by atoms with Gasteiger partial charge in [0.2, 0.25) is 5.91 Å². The van der Waals surface area contributed by atoms with Crippen molar-refractivity contribution in [3.63, 3.8) is 0 Å². The lowest BCUT2D eigenvalue weighted by atomic mass is 9.87. The highest BCUT2D eigenvalue weighted by Gasteiger charge is 2.34. The molecule has 1 aliphatic heterocycles. The van der Waals surface area contributed by atoms with Gasteiger partial charge in [-0.15, -0.1) is 0 Å². The number of aromatic nitrogens is 1. The van der Waals surface area contributed by atoms with Gasteiger partial charge in [-0.2, -0.15) is 0 Å². The third-order valence-corrected chi connectivity index (χ3v) is 6.37. The zero-order chi connectivity index (χ0) is 22.3. The minimum Gasteiger partial charge on any atom is -0.493 e. The van der Waals surface area contributed by atoms with Gasteiger partial charge in [-0.05, 0) is 66.1 Å². The molecule has 0 spiro atoms. The lowest BCUT2D eigenvalue weighted by Crippen LogP contribution is -2.42. The smallest absolute Gasteiger partial charge is 0.254 e. The molecule has 0 bridgehead atoms. The van der Waals surface area contributed by atoms with Crippen LogP contribution in [-0.2, 0) is 11.2 Å². The number of rotatable bonds is 4. The maximum atomic E-state index is 13.3. The van der Waals surface area contributed by atoms with E-state index in [0.29, 0.717) is 36.4 Å². The van der Waals surface area contributed by atoms with Crippen molar-refractivity contribution in [1.82, 2.24) is 9.88 Å². The average molecular weight is 421 g/mol. The fourth-order valence-corrected chi connectivity index (χ4v) is 4.50. The number of aromatic amines is 1. The van der Waals surface area contributed by atoms with E-state index in [4.69, 9.17) is 9.47 Å². The van der Waals surface area contributed by atoms with Crippen molar-refractivity contribution in [3.8, 4) is 11.5 Å². The molecule has 31 heavy (non-hydrogen) atoms. The van der Waals surface area contributed by atoms with Crippen LogP contribution in [0.25, 0.3) is 10.9 Å². The summed E-state index contributed by atoms with van der Waals surface area (Å²) < 4.78 is 11.0. The van der Waals surface area contributed by atoms with Gasteiger partial charge in [0.15, 0.2) is 11.5 Å². The highest BCUT2D eigenvalue weighted by atomic mass is 16.5. The molecule has 1 amide bonds. The first-order chi connectivity index (χ1) is 14.9. The van der Waals surface area contributed by atoms with E-state index < -0.39 is 6.04 Å². The number of pyridine rings is 1. The first-order valence-corrected chi connectivity index (χ1v) is 10.6. The number of methoxy groups -OCH3 is 2. The van der Waals surface area contributed by atoms with Gasteiger partial charge in [0.1, 0.15) is 0 Å². The quantitative estimate of drug-likeness (QED) is 0.691. The number of carbonyl (C=O) groups is 1. The molecule has 0 saturated heterocycles. The molecule has 6 nitrogen and oxygen atoms in total. The minimum absolute atomic E-state index is 0.0185. The lowest BCUT2D eigenvalue weighted by molar-refractivity contribution is -0.132. The molecule has 0 aliphatic carbocycles. The van der Waals surface area contributed by atoms with Crippen LogP contribution in [0.1, 0.15) is 47.2 Å². The zero-order valence-electron chi connectivity index (χ0n) is 18.7. The van der Waals surface area contributed by atoms with Gasteiger partial charge in [0.05, 0.1) is 25.8 Å². The monoisotopic (exact) mass is 420 g/mol. The van der Waals surface area contributed by atoms with Gasteiger partial charge < -0.3 is 19.4 Å². The fraction of sp³-hybridized carbons (Fsp3) is 0.360. The first kappa shape index (κ1) is 21.0. The van der Waals surface area contributed by atoms with Gasteiger partial charge in [-0.3, -0.25) is 9.59 Å². The van der Waals surface area contributed by atoms with E-state index in [-0.39, 0.29) is 11.5 Å². The number of hydrogen-bond donors (Lipinski definition) is 1. The Kier molecular flexibility index (Phi) is 5.48. The number of amides is 1. The molecule has 2 aromatic carbocycles. The van der Waals surface area contributed by atoms with E-state index in [9.17, 15) is 9.59 Å². The lowest BCUT2D eigenvalue weighted by Gasteiger charge is -2.37. The van der Waals surface area contributed by atoms with Crippen LogP contribution in [0, 0.1) is 13.8 Å². The van der Waals surface area contributed by atoms with Crippen molar-refractivity contribution in [2.75, 3.05) is 20.8 Å². The summed E-state index contributed by atoms with van der Waals surface area (Å²) in [6.45, 7) is 6.43. The number of aryl methyl sites for hydroxylation is 2. The Bertz CT molecular complexity index is 1230. The number of carbonyl (C=O) groups excluding carboxylic acids is 1. The van der Waals surface area contributed by atoms with Crippen LogP contribution in [-0.4, -0.2) is 36.6 Å². The second-order valence-corrected chi connectivity index (χ2v) is 8.02. The first-order valence-electron chi connectivity index (χ1n) is 10.6. The van der Waals surface area contributed by atoms with Crippen molar-refractivity contribution < 1.29 is 14.3 Å². The van der Waals surface area contributed by atoms with Crippen LogP contribution in [0.3, 0.4) is 0 Å². The summed E-state index contributed by atoms with van der Waals surface area (Å²) in [4.78, 5) is 31.0. The highest BCUT2D eigenvalue weighted by molar-refractivity contribution is 5.84. The molecule has 1 aromatic heterocycles. The van der Waals surface area contributed by atoms with Crippen molar-refractivity contribution in [2.45, 2.75) is 39.7 Å². The van der Waals surface area contributed by atoms with Crippen molar-refractivity contribution in [2.24, 2.45) is 0 Å². The van der Waals surface area contributed by atoms with Crippen molar-refractivity contribution >= 4 is 16.8 Å². The van der Waals surface area contributed by atoms with Crippen LogP contribution < -0.4 is 15.0 Å². The third kappa shape index (κ3) is 3.46. The predicted molar refractivity (Wildman–Crippen MR) is 121 cm³/mol. The Hall–Kier alpha value is -3.28. The normalized spacial score (nSPS) is 15.6. The van der Waals surface area contributed by atoms with Gasteiger partial charge in [-0.1, -0.05) is 19.1 Å². The number of nitrogens with zero attached hydrogens (tertiary/aromatic N) is 1. The standard InChI is InChI=1S/C25H28N2O4/c1-6-22(28)27-10-9-16-12-20(30-4)21(31-5)13-18(16)24(27)19-11-17-8-7-14(2)15(3)23(17)26-25(19)29/h7-8,11-13,24H,6,9-10H2,1-5H3,(H,26,29)/t24-/m0/s1. The molecule has 1 aliphatic rings. The van der Waals surface area contributed by atoms with Crippen LogP contribution >= 0.6 is 0 Å². The summed E-state index contributed by atoms with van der Waals surface area (Å²) >= 11 is 0. The average Bonchev–Trinajstić information content (AvgIpc) is 2.79. The van der Waals surface area contributed by atoms with E-state index in [2.05, 4.69) is 11.1 Å². The van der Waals surface area contributed by atoms with E-state index in [0.717, 1.165) is 33.2 Å². The molecule has 6 heteroatoms. The van der Waals surface area contributed by atoms with Gasteiger partial charge in [-0.25, -0.2) is 0 Å². The summed E-state index contributed by atoms with van der Waals surface area (Å²) in [6, 6.07) is 9.37. The second-order valence-electron chi connectivity index (χ2n) is 8.02. The molecule has 0 unspecified atom stereocenters. The number of nitrogens with one attached hydrogen (secondary N) is 1. The number of fused-ring (bicyclic) bond motifs is 2. The van der Waals surface area contributed by atoms with E-state index in [1.54, 1.807) is 14.2 Å². The number of hydrogen-bond acceptors (Lipinski definition) is 4. The van der Waals surface area contributed by atoms with Crippen LogP contribution in [0.15, 0.2) is 35.1 Å². The Morgan fingerprint density at radius 1 is 1.10 bits per heavy atom. The molecule has 0 radical (unpaired) electrons. The Morgan fingerprint density at radius 2 is 1.81 bits per heavy atom. The van der Waals surface area contributed by atoms with Crippen molar-refractivity contribution in [3.05, 3.63) is 68.5 Å². The van der Waals surface area contributed by atoms with Crippen LogP contribution in [0.2, 0.25) is 0 Å². The second kappa shape index (κ2) is 8.10. The summed E-state index contributed by atoms with van der Waals surface area (Å²) in [7, 11) is 3.20. The van der Waals surface area contributed by atoms with Crippen LogP contribution in [0.4, 0.5) is 0 Å². The van der Waals surface area contributed by atoms with E-state index >= 15 is 0 Å². The Balaban J connectivity index is 1.98. The van der Waals surface area contributed by atoms with E-state index in [1.165, 1.54) is 0 Å². The largest absolute Gasteiger partial charge is 0.493 e. The predicted octanol–water partition coefficient (Wildman–Crippen LogP) is 4.05. The SMILES string of the molecule is CCC(=O)N1CCc2cc(OC)c(OC)cc2[C@H]1c1cc2ccc(C)c(C)c2[nH]c1=O. The molecule has 1 atom stereocenters. The summed E-state index contributed by atoms with van der Waals surface area (Å²) in [5.41, 5.74) is 5.36. The Morgan fingerprint density at radius 3 is 2.48 bits per heavy atom. The molecule has 4 rings (SSSR count). The van der Waals surface area contributed by atoms with Gasteiger partial charge in [0, 0.05) is 18.5 Å². The maximum Gasteiger partial charge on any atom is 0.254 e. The summed E-state index contributed by atoms with van der Waals surface area (Å²) in [5.74, 6) is 1.25. The molecule has 1 N–H and O–H groups in total. The number of benzene rings is 2. The zero-order valence-corrected chi connectivity index (χ0v) is 18.7.